The molecule has 0 aromatic heterocycles. The molecule has 0 aliphatic carbocycles. The summed E-state index contributed by atoms with van der Waals surface area (Å²) in [5.74, 6) is 0. The molecule has 86 valence electrons. The molecular weight excluding hydrogens is 434 g/mol. The van der Waals surface area contributed by atoms with Crippen LogP contribution < -0.4 is 0 Å². The van der Waals surface area contributed by atoms with Gasteiger partial charge in [0.15, 0.2) is 0 Å². The molecule has 0 aliphatic heterocycles. The predicted molar refractivity (Wildman–Crippen MR) is 116 cm³/mol. The first-order valence-corrected chi connectivity index (χ1v) is 27.0. The molecule has 0 saturated heterocycles. The van der Waals surface area contributed by atoms with Crippen molar-refractivity contribution in [3.05, 3.63) is 0 Å². The summed E-state index contributed by atoms with van der Waals surface area (Å²) in [7, 11) is 25.8. The van der Waals surface area contributed by atoms with Crippen LogP contribution in [0.1, 0.15) is 0 Å². The van der Waals surface area contributed by atoms with Gasteiger partial charge in [-0.1, -0.05) is 6.99 Å². The third-order valence-corrected chi connectivity index (χ3v) is 77.6. The maximum absolute atomic E-state index is 3.83. The lowest BCUT2D eigenvalue weighted by Gasteiger charge is -2.48. The Kier molecular flexibility index (Phi) is 15.3. The minimum Gasteiger partial charge on any atom is -0.553 e. The third kappa shape index (κ3) is 7.71. The Balaban J connectivity index is 4.74. The van der Waals surface area contributed by atoms with Crippen LogP contribution in [0.25, 0.3) is 0 Å². The molecule has 0 amide bonds. The van der Waals surface area contributed by atoms with Gasteiger partial charge in [0.2, 0.25) is 0 Å². The van der Waals surface area contributed by atoms with E-state index in [-0.39, 0.29) is 41.9 Å². The smallest absolute Gasteiger partial charge is 0.0105 e. The van der Waals surface area contributed by atoms with Crippen LogP contribution in [0.5, 0.6) is 0 Å². The number of hydrogen-bond donors (Lipinski definition) is 0. The van der Waals surface area contributed by atoms with Gasteiger partial charge in [-0.2, -0.15) is 0 Å². The van der Waals surface area contributed by atoms with Gasteiger partial charge < -0.3 is 24.8 Å². The summed E-state index contributed by atoms with van der Waals surface area (Å²) in [5.41, 5.74) is 0. The van der Waals surface area contributed by atoms with Crippen molar-refractivity contribution < 1.29 is 0 Å². The highest BCUT2D eigenvalue weighted by Gasteiger charge is 2.27. The monoisotopic (exact) mass is 448 g/mol. The van der Waals surface area contributed by atoms with E-state index >= 15 is 0 Å². The lowest BCUT2D eigenvalue weighted by molar-refractivity contribution is 4.58. The fraction of sp³-hybridized carbons (Fsp3) is 0. The second kappa shape index (κ2) is 10.7. The Morgan fingerprint density at radius 3 is 0.929 bits per heavy atom. The quantitative estimate of drug-likeness (QED) is 0.372. The molecule has 14 heteroatoms. The van der Waals surface area contributed by atoms with Crippen molar-refractivity contribution in [1.82, 2.24) is 0 Å². The largest absolute Gasteiger partial charge is 0.553 e. The highest BCUT2D eigenvalue weighted by Crippen LogP contribution is 3.21. The highest BCUT2D eigenvalue weighted by molar-refractivity contribution is 9.27. The minimum atomic E-state index is -0.137. The van der Waals surface area contributed by atoms with Crippen molar-refractivity contribution in [3.63, 3.8) is 0 Å². The summed E-state index contributed by atoms with van der Waals surface area (Å²) in [6, 6.07) is 0. The van der Waals surface area contributed by atoms with E-state index in [1.54, 1.807) is 0 Å². The summed E-state index contributed by atoms with van der Waals surface area (Å²) in [6.45, 7) is 0.238. The summed E-state index contributed by atoms with van der Waals surface area (Å²) in [4.78, 5) is 0. The summed E-state index contributed by atoms with van der Waals surface area (Å²) >= 11 is 0. The van der Waals surface area contributed by atoms with Crippen LogP contribution in [-0.4, -0.2) is 0 Å². The lowest BCUT2D eigenvalue weighted by Crippen LogP contribution is -1.48. The molecule has 14 heavy (non-hydrogen) atoms. The van der Waals surface area contributed by atoms with Crippen LogP contribution in [0, 0.1) is 0 Å². The average molecular weight is 448 g/mol. The first-order chi connectivity index (χ1) is 6.29. The van der Waals surface area contributed by atoms with Gasteiger partial charge in [-0.25, -0.2) is 0 Å². The van der Waals surface area contributed by atoms with E-state index in [1.807, 2.05) is 0 Å². The Hall–Kier alpha value is 6.02. The SMILES string of the molecule is [PH-]P([PH-])P(P(P)P)P(P(P)P)P(P)P. The van der Waals surface area contributed by atoms with Gasteiger partial charge in [-0.05, 0) is 27.9 Å². The van der Waals surface area contributed by atoms with Crippen LogP contribution in [0.15, 0.2) is 0 Å². The fourth-order valence-corrected chi connectivity index (χ4v) is 141. The van der Waals surface area contributed by atoms with Crippen LogP contribution >= 0.6 is 113 Å². The van der Waals surface area contributed by atoms with Crippen LogP contribution in [0.4, 0.5) is 0 Å². The molecule has 0 spiro atoms. The van der Waals surface area contributed by atoms with E-state index in [1.165, 1.54) is 0 Å². The molecule has 7 atom stereocenters. The highest BCUT2D eigenvalue weighted by atomic mass is 33.3. The second-order valence-electron chi connectivity index (χ2n) is 1.99. The molecule has 0 saturated carbocycles. The molecule has 0 nitrogen and oxygen atoms in total. The maximum atomic E-state index is 3.83. The van der Waals surface area contributed by atoms with Gasteiger partial charge in [0.25, 0.3) is 0 Å². The van der Waals surface area contributed by atoms with Crippen LogP contribution in [-0.2, 0) is 0 Å². The summed E-state index contributed by atoms with van der Waals surface area (Å²) < 4.78 is 0. The van der Waals surface area contributed by atoms with Crippen molar-refractivity contribution in [2.75, 3.05) is 0 Å². The van der Waals surface area contributed by atoms with Gasteiger partial charge in [-0.3, -0.25) is 0 Å². The molecule has 0 bridgehead atoms. The third-order valence-electron chi connectivity index (χ3n) is 0.959. The van der Waals surface area contributed by atoms with E-state index in [9.17, 15) is 0 Å². The lowest BCUT2D eigenvalue weighted by atomic mass is 28.6. The maximum Gasteiger partial charge on any atom is -0.0105 e. The van der Waals surface area contributed by atoms with Gasteiger partial charge in [0.05, 0.1) is 0 Å². The zero-order valence-electron chi connectivity index (χ0n) is 7.15. The summed E-state index contributed by atoms with van der Waals surface area (Å²) in [5, 5.41) is 0. The van der Waals surface area contributed by atoms with Crippen LogP contribution in [0.3, 0.4) is 0 Å². The van der Waals surface area contributed by atoms with E-state index in [4.69, 9.17) is 0 Å². The van der Waals surface area contributed by atoms with Crippen molar-refractivity contribution in [3.8, 4) is 0 Å². The minimum absolute atomic E-state index is 0.0300. The molecule has 0 rings (SSSR count). The molecule has 7 unspecified atom stereocenters. The molecular formula is H14P14-2. The van der Waals surface area contributed by atoms with Gasteiger partial charge in [0, 0.05) is 0 Å². The van der Waals surface area contributed by atoms with E-state index in [0.29, 0.717) is 0 Å². The first kappa shape index (κ1) is 20.0. The molecule has 0 fully saturated rings. The molecule has 0 heterocycles. The zero-order chi connectivity index (χ0) is 11.5. The number of hydrogen-bond acceptors (Lipinski definition) is 0. The van der Waals surface area contributed by atoms with E-state index in [0.717, 1.165) is 0 Å². The van der Waals surface area contributed by atoms with Crippen molar-refractivity contribution in [2.45, 2.75) is 0 Å². The summed E-state index contributed by atoms with van der Waals surface area (Å²) in [6.07, 6.45) is 0. The number of rotatable bonds is 5. The van der Waals surface area contributed by atoms with E-state index in [2.05, 4.69) is 71.4 Å². The standard InChI is InChI=1S/H14P14/c1-9(2)13(10(3)4)14(11(5)6)12(7)8/h1-2H,3-8H2/q-2. The topological polar surface area (TPSA) is 0 Å². The Bertz CT molecular complexity index is 108. The first-order valence-electron chi connectivity index (χ1n) is 3.00. The van der Waals surface area contributed by atoms with E-state index < -0.39 is 0 Å². The van der Waals surface area contributed by atoms with Gasteiger partial charge in [0.1, 0.15) is 0 Å². The van der Waals surface area contributed by atoms with Crippen LogP contribution in [0.2, 0.25) is 0 Å². The van der Waals surface area contributed by atoms with Gasteiger partial charge in [-0.15, -0.1) is 53.6 Å². The normalized spacial score (nSPS) is 15.2. The predicted octanol–water partition coefficient (Wildman–Crippen LogP) is 8.31. The molecule has 0 aliphatic rings. The Morgan fingerprint density at radius 1 is 0.571 bits per heavy atom. The van der Waals surface area contributed by atoms with Gasteiger partial charge >= 0.3 is 0 Å². The van der Waals surface area contributed by atoms with Crippen molar-refractivity contribution >= 4 is 113 Å². The average Bonchev–Trinajstić information content (AvgIpc) is 1.96. The fourth-order valence-electron chi connectivity index (χ4n) is 0.580. The van der Waals surface area contributed by atoms with Crippen molar-refractivity contribution in [1.29, 1.82) is 0 Å². The molecule has 0 N–H and O–H groups in total. The molecule has 0 aromatic rings. The zero-order valence-corrected chi connectivity index (χ0v) is 21.4. The Morgan fingerprint density at radius 2 is 0.857 bits per heavy atom. The second-order valence-corrected chi connectivity index (χ2v) is 53.7. The molecule has 0 aromatic carbocycles. The van der Waals surface area contributed by atoms with Crippen molar-refractivity contribution in [2.24, 2.45) is 0 Å². The molecule has 0 radical (unpaired) electrons. The Labute approximate surface area is 113 Å².